The molecular formula is C24H42FNO. The van der Waals surface area contributed by atoms with Crippen LogP contribution in [0, 0.1) is 5.82 Å². The third kappa shape index (κ3) is 12.2. The zero-order chi connectivity index (χ0) is 19.7. The molecular weight excluding hydrogens is 337 g/mol. The van der Waals surface area contributed by atoms with Crippen molar-refractivity contribution in [2.75, 3.05) is 19.6 Å². The first-order valence-electron chi connectivity index (χ1n) is 11.3. The first-order valence-corrected chi connectivity index (χ1v) is 11.3. The molecule has 0 saturated carbocycles. The lowest BCUT2D eigenvalue weighted by Crippen LogP contribution is -2.31. The highest BCUT2D eigenvalue weighted by molar-refractivity contribution is 5.18. The summed E-state index contributed by atoms with van der Waals surface area (Å²) in [5.74, 6) is -0.248. The first kappa shape index (κ1) is 24.1. The van der Waals surface area contributed by atoms with Gasteiger partial charge < -0.3 is 10.0 Å². The Balaban J connectivity index is 2.39. The Morgan fingerprint density at radius 1 is 0.741 bits per heavy atom. The predicted molar refractivity (Wildman–Crippen MR) is 115 cm³/mol. The standard InChI is InChI=1S/C24H42FNO/c1-3-5-7-9-11-13-19-26(20-14-12-10-8-6-4-2)21-24(27)22-15-17-23(25)18-16-22/h15-18,24,27H,3-14,19-21H2,1-2H3/t24-/m0/s1. The summed E-state index contributed by atoms with van der Waals surface area (Å²) >= 11 is 0. The Bertz CT molecular complexity index is 432. The Labute approximate surface area is 167 Å². The highest BCUT2D eigenvalue weighted by atomic mass is 19.1. The molecule has 0 aliphatic carbocycles. The van der Waals surface area contributed by atoms with Gasteiger partial charge in [-0.15, -0.1) is 0 Å². The summed E-state index contributed by atoms with van der Waals surface area (Å²) in [5, 5.41) is 10.6. The maximum absolute atomic E-state index is 13.1. The third-order valence-corrected chi connectivity index (χ3v) is 5.34. The summed E-state index contributed by atoms with van der Waals surface area (Å²) in [6, 6.07) is 6.27. The van der Waals surface area contributed by atoms with Crippen molar-refractivity contribution in [3.05, 3.63) is 35.6 Å². The van der Waals surface area contributed by atoms with Gasteiger partial charge in [0.15, 0.2) is 0 Å². The Morgan fingerprint density at radius 2 is 1.19 bits per heavy atom. The molecule has 1 aromatic carbocycles. The second-order valence-corrected chi connectivity index (χ2v) is 7.90. The van der Waals surface area contributed by atoms with Crippen LogP contribution in [0.3, 0.4) is 0 Å². The maximum Gasteiger partial charge on any atom is 0.123 e. The number of unbranched alkanes of at least 4 members (excludes halogenated alkanes) is 10. The summed E-state index contributed by atoms with van der Waals surface area (Å²) in [7, 11) is 0. The van der Waals surface area contributed by atoms with Crippen LogP contribution in [0.4, 0.5) is 4.39 Å². The minimum absolute atomic E-state index is 0.248. The largest absolute Gasteiger partial charge is 0.387 e. The Morgan fingerprint density at radius 3 is 1.67 bits per heavy atom. The van der Waals surface area contributed by atoms with Crippen LogP contribution in [0.15, 0.2) is 24.3 Å². The van der Waals surface area contributed by atoms with Gasteiger partial charge in [0.05, 0.1) is 6.10 Å². The molecule has 1 atom stereocenters. The lowest BCUT2D eigenvalue weighted by atomic mass is 10.1. The smallest absolute Gasteiger partial charge is 0.123 e. The zero-order valence-corrected chi connectivity index (χ0v) is 17.8. The summed E-state index contributed by atoms with van der Waals surface area (Å²) < 4.78 is 13.1. The molecule has 0 saturated heterocycles. The van der Waals surface area contributed by atoms with E-state index in [0.717, 1.165) is 18.7 Å². The summed E-state index contributed by atoms with van der Waals surface area (Å²) in [5.41, 5.74) is 0.812. The number of benzene rings is 1. The predicted octanol–water partition coefficient (Wildman–Crippen LogP) is 6.88. The van der Waals surface area contributed by atoms with Gasteiger partial charge in [-0.05, 0) is 43.6 Å². The van der Waals surface area contributed by atoms with Gasteiger partial charge in [-0.1, -0.05) is 90.2 Å². The third-order valence-electron chi connectivity index (χ3n) is 5.34. The van der Waals surface area contributed by atoms with Crippen LogP contribution in [0.2, 0.25) is 0 Å². The highest BCUT2D eigenvalue weighted by Gasteiger charge is 2.13. The molecule has 2 nitrogen and oxygen atoms in total. The molecule has 1 aromatic rings. The fourth-order valence-electron chi connectivity index (χ4n) is 3.56. The second-order valence-electron chi connectivity index (χ2n) is 7.90. The second kappa shape index (κ2) is 16.1. The normalized spacial score (nSPS) is 12.6. The van der Waals surface area contributed by atoms with E-state index in [1.807, 2.05) is 0 Å². The lowest BCUT2D eigenvalue weighted by molar-refractivity contribution is 0.110. The quantitative estimate of drug-likeness (QED) is 0.298. The number of aliphatic hydroxyl groups is 1. The molecule has 1 N–H and O–H groups in total. The molecule has 0 aliphatic rings. The van der Waals surface area contributed by atoms with Crippen LogP contribution in [0.25, 0.3) is 0 Å². The molecule has 3 heteroatoms. The number of rotatable bonds is 17. The molecule has 0 amide bonds. The van der Waals surface area contributed by atoms with Crippen LogP contribution in [0.5, 0.6) is 0 Å². The van der Waals surface area contributed by atoms with Gasteiger partial charge in [0, 0.05) is 6.54 Å². The topological polar surface area (TPSA) is 23.5 Å². The fraction of sp³-hybridized carbons (Fsp3) is 0.750. The maximum atomic E-state index is 13.1. The van der Waals surface area contributed by atoms with Gasteiger partial charge in [0.1, 0.15) is 5.82 Å². The van der Waals surface area contributed by atoms with Gasteiger partial charge in [-0.25, -0.2) is 4.39 Å². The molecule has 0 aromatic heterocycles. The van der Waals surface area contributed by atoms with Crippen LogP contribution < -0.4 is 0 Å². The number of aliphatic hydroxyl groups excluding tert-OH is 1. The van der Waals surface area contributed by atoms with E-state index in [1.165, 1.54) is 89.2 Å². The number of halogens is 1. The number of hydrogen-bond acceptors (Lipinski definition) is 2. The first-order chi connectivity index (χ1) is 13.2. The molecule has 156 valence electrons. The van der Waals surface area contributed by atoms with E-state index in [9.17, 15) is 9.50 Å². The van der Waals surface area contributed by atoms with Gasteiger partial charge in [0.25, 0.3) is 0 Å². The van der Waals surface area contributed by atoms with Crippen LogP contribution >= 0.6 is 0 Å². The van der Waals surface area contributed by atoms with E-state index in [-0.39, 0.29) is 5.82 Å². The van der Waals surface area contributed by atoms with Crippen LogP contribution in [0.1, 0.15) is 103 Å². The molecule has 0 unspecified atom stereocenters. The van der Waals surface area contributed by atoms with Gasteiger partial charge in [0.2, 0.25) is 0 Å². The Hall–Kier alpha value is -0.930. The fourth-order valence-corrected chi connectivity index (χ4v) is 3.56. The van der Waals surface area contributed by atoms with E-state index >= 15 is 0 Å². The minimum atomic E-state index is -0.536. The van der Waals surface area contributed by atoms with Crippen LogP contribution in [-0.2, 0) is 0 Å². The molecule has 0 fully saturated rings. The van der Waals surface area contributed by atoms with E-state index in [0.29, 0.717) is 6.54 Å². The van der Waals surface area contributed by atoms with Gasteiger partial charge >= 0.3 is 0 Å². The van der Waals surface area contributed by atoms with Crippen molar-refractivity contribution >= 4 is 0 Å². The molecule has 0 heterocycles. The van der Waals surface area contributed by atoms with E-state index in [1.54, 1.807) is 12.1 Å². The summed E-state index contributed by atoms with van der Waals surface area (Å²) in [6.45, 7) is 7.26. The van der Waals surface area contributed by atoms with Crippen molar-refractivity contribution in [3.63, 3.8) is 0 Å². The molecule has 0 aliphatic heterocycles. The van der Waals surface area contributed by atoms with Crippen molar-refractivity contribution in [3.8, 4) is 0 Å². The minimum Gasteiger partial charge on any atom is -0.387 e. The van der Waals surface area contributed by atoms with Crippen molar-refractivity contribution in [2.45, 2.75) is 97.0 Å². The van der Waals surface area contributed by atoms with Crippen molar-refractivity contribution in [1.29, 1.82) is 0 Å². The van der Waals surface area contributed by atoms with E-state index in [4.69, 9.17) is 0 Å². The van der Waals surface area contributed by atoms with Crippen molar-refractivity contribution in [1.82, 2.24) is 4.90 Å². The summed E-state index contributed by atoms with van der Waals surface area (Å²) in [4.78, 5) is 2.41. The lowest BCUT2D eigenvalue weighted by Gasteiger charge is -2.25. The molecule has 0 bridgehead atoms. The zero-order valence-electron chi connectivity index (χ0n) is 17.8. The van der Waals surface area contributed by atoms with Gasteiger partial charge in [-0.2, -0.15) is 0 Å². The van der Waals surface area contributed by atoms with Crippen molar-refractivity contribution < 1.29 is 9.50 Å². The monoisotopic (exact) mass is 379 g/mol. The Kier molecular flexibility index (Phi) is 14.3. The number of hydrogen-bond donors (Lipinski definition) is 1. The molecule has 1 rings (SSSR count). The molecule has 0 radical (unpaired) electrons. The van der Waals surface area contributed by atoms with Gasteiger partial charge in [-0.3, -0.25) is 0 Å². The summed E-state index contributed by atoms with van der Waals surface area (Å²) in [6.07, 6.45) is 15.0. The molecule has 27 heavy (non-hydrogen) atoms. The van der Waals surface area contributed by atoms with Crippen molar-refractivity contribution in [2.24, 2.45) is 0 Å². The molecule has 0 spiro atoms. The van der Waals surface area contributed by atoms with Crippen LogP contribution in [-0.4, -0.2) is 29.6 Å². The number of nitrogens with zero attached hydrogens (tertiary/aromatic N) is 1. The average molecular weight is 380 g/mol. The SMILES string of the molecule is CCCCCCCCN(CCCCCCCC)C[C@H](O)c1ccc(F)cc1. The average Bonchev–Trinajstić information content (AvgIpc) is 2.67. The van der Waals surface area contributed by atoms with E-state index < -0.39 is 6.10 Å². The van der Waals surface area contributed by atoms with E-state index in [2.05, 4.69) is 18.7 Å². The highest BCUT2D eigenvalue weighted by Crippen LogP contribution is 2.17.